The first kappa shape index (κ1) is 80.8. The molecule has 0 heterocycles. The van der Waals surface area contributed by atoms with Crippen molar-refractivity contribution in [3.8, 4) is 0 Å². The van der Waals surface area contributed by atoms with E-state index in [2.05, 4.69) is 54.2 Å². The van der Waals surface area contributed by atoms with E-state index >= 15 is 0 Å². The number of benzene rings is 6. The van der Waals surface area contributed by atoms with Crippen LogP contribution in [0.1, 0.15) is 162 Å². The number of carboxylic acid groups (broad SMARTS) is 1. The minimum absolute atomic E-state index is 0.176. The van der Waals surface area contributed by atoms with Crippen molar-refractivity contribution >= 4 is 110 Å². The molecule has 0 unspecified atom stereocenters. The van der Waals surface area contributed by atoms with Crippen LogP contribution in [0.25, 0.3) is 0 Å². The van der Waals surface area contributed by atoms with Gasteiger partial charge in [0.05, 0.1) is 69.9 Å². The second kappa shape index (κ2) is 39.6. The Balaban J connectivity index is 0.000000263. The number of esters is 4. The topological polar surface area (TPSA) is 339 Å². The van der Waals surface area contributed by atoms with E-state index < -0.39 is 29.8 Å². The molecule has 9 rings (SSSR count). The second-order valence-electron chi connectivity index (χ2n) is 22.9. The van der Waals surface area contributed by atoms with Crippen molar-refractivity contribution in [3.05, 3.63) is 247 Å². The maximum atomic E-state index is 13.6. The number of nitrogens with one attached hydrogen (secondary N) is 4. The zero-order chi connectivity index (χ0) is 74.6. The molecule has 6 aromatic rings. The Morgan fingerprint density at radius 3 is 0.782 bits per heavy atom. The molecular formula is C77H81Cl2N5O17. The summed E-state index contributed by atoms with van der Waals surface area (Å²) in [7, 11) is 0. The summed E-state index contributed by atoms with van der Waals surface area (Å²) in [5.74, 6) is -4.19. The van der Waals surface area contributed by atoms with Crippen LogP contribution in [0.5, 0.6) is 0 Å². The van der Waals surface area contributed by atoms with E-state index in [0.29, 0.717) is 159 Å². The molecule has 530 valence electrons. The lowest BCUT2D eigenvalue weighted by Gasteiger charge is -2.23. The van der Waals surface area contributed by atoms with Gasteiger partial charge in [0.25, 0.3) is 0 Å². The molecule has 24 heteroatoms. The third-order valence-electron chi connectivity index (χ3n) is 14.7. The second-order valence-corrected chi connectivity index (χ2v) is 23.8. The van der Waals surface area contributed by atoms with Gasteiger partial charge in [-0.15, -0.1) is 0 Å². The number of fused-ring (bicyclic) bond motifs is 6. The summed E-state index contributed by atoms with van der Waals surface area (Å²) in [6.07, 6.45) is 2.79. The number of aliphatic hydroxyl groups is 1. The summed E-state index contributed by atoms with van der Waals surface area (Å²) < 4.78 is 20.4. The molecule has 0 radical (unpaired) electrons. The number of ether oxygens (including phenoxy) is 4. The van der Waals surface area contributed by atoms with E-state index in [4.69, 9.17) is 58.1 Å². The normalized spacial score (nSPS) is 11.6. The molecule has 0 spiro atoms. The predicted molar refractivity (Wildman–Crippen MR) is 388 cm³/mol. The van der Waals surface area contributed by atoms with Crippen molar-refractivity contribution in [2.75, 3.05) is 87.0 Å². The van der Waals surface area contributed by atoms with Crippen LogP contribution < -0.4 is 27.0 Å². The molecule has 0 fully saturated rings. The van der Waals surface area contributed by atoms with E-state index in [0.717, 1.165) is 6.42 Å². The Bertz CT molecular complexity index is 3800. The number of rotatable bonds is 27. The van der Waals surface area contributed by atoms with Crippen molar-refractivity contribution in [3.63, 3.8) is 0 Å². The average Bonchev–Trinajstić information content (AvgIpc) is 0.759. The first-order chi connectivity index (χ1) is 48.1. The van der Waals surface area contributed by atoms with Crippen molar-refractivity contribution in [2.24, 2.45) is 5.73 Å². The van der Waals surface area contributed by atoms with E-state index in [1.165, 1.54) is 6.92 Å². The number of ketones is 6. The Morgan fingerprint density at radius 1 is 0.366 bits per heavy atom. The summed E-state index contributed by atoms with van der Waals surface area (Å²) in [5.41, 5.74) is 12.5. The zero-order valence-electron chi connectivity index (χ0n) is 56.9. The van der Waals surface area contributed by atoms with Crippen LogP contribution in [-0.2, 0) is 42.9 Å². The van der Waals surface area contributed by atoms with Crippen molar-refractivity contribution in [1.29, 1.82) is 0 Å². The van der Waals surface area contributed by atoms with Gasteiger partial charge in [-0.1, -0.05) is 129 Å². The van der Waals surface area contributed by atoms with E-state index in [1.54, 1.807) is 137 Å². The zero-order valence-corrected chi connectivity index (χ0v) is 58.4. The molecule has 0 bridgehead atoms. The molecule has 101 heavy (non-hydrogen) atoms. The lowest BCUT2D eigenvalue weighted by Crippen LogP contribution is -2.24. The maximum Gasteiger partial charge on any atom is 0.333 e. The van der Waals surface area contributed by atoms with Gasteiger partial charge in [-0.25, -0.2) is 24.0 Å². The molecule has 0 atom stereocenters. The first-order valence-corrected chi connectivity index (χ1v) is 32.7. The summed E-state index contributed by atoms with van der Waals surface area (Å²) in [6.45, 7) is 28.5. The quantitative estimate of drug-likeness (QED) is 0.0109. The summed E-state index contributed by atoms with van der Waals surface area (Å²) >= 11 is 12.0. The van der Waals surface area contributed by atoms with Gasteiger partial charge in [-0.2, -0.15) is 0 Å². The number of aliphatic carboxylic acids is 1. The largest absolute Gasteiger partial charge is 0.478 e. The van der Waals surface area contributed by atoms with E-state index in [1.807, 2.05) is 0 Å². The minimum Gasteiger partial charge on any atom is -0.478 e. The molecule has 22 nitrogen and oxygen atoms in total. The fourth-order valence-corrected chi connectivity index (χ4v) is 10.2. The maximum absolute atomic E-state index is 13.6. The van der Waals surface area contributed by atoms with Gasteiger partial charge in [0, 0.05) is 117 Å². The van der Waals surface area contributed by atoms with Crippen molar-refractivity contribution in [1.82, 2.24) is 0 Å². The highest BCUT2D eigenvalue weighted by Crippen LogP contribution is 2.38. The molecule has 3 aliphatic carbocycles. The number of carbonyl (C=O) groups excluding carboxylic acids is 10. The monoisotopic (exact) mass is 1420 g/mol. The Labute approximate surface area is 595 Å². The molecule has 0 saturated heterocycles. The van der Waals surface area contributed by atoms with Crippen LogP contribution in [0.2, 0.25) is 10.0 Å². The third kappa shape index (κ3) is 22.0. The SMILES string of the molecule is C=C(C)C(=O)O.C=C(C)C(=O)OCCCNc1cccc2c1C(=O)c1c(NCCCOC(=O)C(=C)C)cccc1C2=O.C=C(C)C(=O)OCCCNc1cccc2c1C(=O)c1c(NCCCOC(=O)C(=C)C)cccc1C2=O.NCCCO.O=C1c2cccc(Cl)c2C(=O)c2c(Cl)cccc21. The fraction of sp³-hybridized carbons (Fsp3) is 0.260. The van der Waals surface area contributed by atoms with Gasteiger partial charge in [0.15, 0.2) is 34.7 Å². The van der Waals surface area contributed by atoms with Crippen LogP contribution in [0.3, 0.4) is 0 Å². The molecule has 0 aromatic heterocycles. The van der Waals surface area contributed by atoms with Crippen LogP contribution in [0, 0.1) is 0 Å². The standard InChI is InChI=1S/2C28H30N2O6.C14H6Cl2O2.C4H6O2.C3H9NO/c2*1-17(2)27(33)35-15-7-13-29-21-11-5-9-19-23(21)26(32)24-20(25(19)31)10-6-12-22(24)30-14-8-16-36-28(34)18(3)4;15-9-5-1-3-7-11(9)14(18)12-8(13(7)17)4-2-6-10(12)16;1-3(2)4(5)6;4-2-1-3-5/h2*5-6,9-12,29-30H,1,3,7-8,13-16H2,2,4H3;1-6H;1H2,2H3,(H,5,6);5H,1-4H2. The minimum atomic E-state index is -0.935. The van der Waals surface area contributed by atoms with E-state index in [-0.39, 0.29) is 94.5 Å². The number of nitrogens with two attached hydrogens (primary N) is 1. The Kier molecular flexibility index (Phi) is 31.7. The summed E-state index contributed by atoms with van der Waals surface area (Å²) in [6, 6.07) is 30.2. The number of anilines is 4. The van der Waals surface area contributed by atoms with Crippen LogP contribution in [0.4, 0.5) is 22.7 Å². The number of carboxylic acids is 1. The highest BCUT2D eigenvalue weighted by molar-refractivity contribution is 6.43. The van der Waals surface area contributed by atoms with Crippen LogP contribution in [-0.4, -0.2) is 141 Å². The average molecular weight is 1420 g/mol. The third-order valence-corrected chi connectivity index (χ3v) is 15.3. The summed E-state index contributed by atoms with van der Waals surface area (Å²) in [5, 5.41) is 29.2. The highest BCUT2D eigenvalue weighted by Gasteiger charge is 2.36. The fourth-order valence-electron chi connectivity index (χ4n) is 9.66. The predicted octanol–water partition coefficient (Wildman–Crippen LogP) is 12.4. The summed E-state index contributed by atoms with van der Waals surface area (Å²) in [4.78, 5) is 134. The molecule has 3 aliphatic rings. The van der Waals surface area contributed by atoms with E-state index in [9.17, 15) is 52.7 Å². The molecule has 6 aromatic carbocycles. The smallest absolute Gasteiger partial charge is 0.333 e. The van der Waals surface area contributed by atoms with Gasteiger partial charge in [0.2, 0.25) is 0 Å². The van der Waals surface area contributed by atoms with Gasteiger partial charge >= 0.3 is 29.8 Å². The molecule has 8 N–H and O–H groups in total. The number of aliphatic hydroxyl groups excluding tert-OH is 1. The number of hydrogen-bond donors (Lipinski definition) is 7. The van der Waals surface area contributed by atoms with Crippen molar-refractivity contribution in [2.45, 2.75) is 66.7 Å². The lowest BCUT2D eigenvalue weighted by atomic mass is 9.82. The number of carbonyl (C=O) groups is 11. The first-order valence-electron chi connectivity index (χ1n) is 31.9. The Hall–Kier alpha value is -10.9. The van der Waals surface area contributed by atoms with Gasteiger partial charge in [-0.3, -0.25) is 28.8 Å². The highest BCUT2D eigenvalue weighted by atomic mass is 35.5. The molecular weight excluding hydrogens is 1340 g/mol. The number of hydrogen-bond acceptors (Lipinski definition) is 21. The number of halogens is 2. The van der Waals surface area contributed by atoms with Gasteiger partial charge < -0.3 is 56.2 Å². The Morgan fingerprint density at radius 2 is 0.584 bits per heavy atom. The van der Waals surface area contributed by atoms with Gasteiger partial charge in [0.1, 0.15) is 0 Å². The van der Waals surface area contributed by atoms with Crippen LogP contribution >= 0.6 is 23.2 Å². The van der Waals surface area contributed by atoms with Crippen molar-refractivity contribution < 1.29 is 81.9 Å². The molecule has 0 aliphatic heterocycles. The molecule has 0 saturated carbocycles. The lowest BCUT2D eigenvalue weighted by molar-refractivity contribution is -0.139. The van der Waals surface area contributed by atoms with Gasteiger partial charge in [-0.05, 0) is 110 Å². The molecule has 0 amide bonds. The van der Waals surface area contributed by atoms with Crippen LogP contribution in [0.15, 0.2) is 170 Å².